The molecule has 0 saturated carbocycles. The number of nitrogens with one attached hydrogen (secondary N) is 1. The summed E-state index contributed by atoms with van der Waals surface area (Å²) in [6.07, 6.45) is 1.55. The van der Waals surface area contributed by atoms with E-state index in [0.29, 0.717) is 18.1 Å². The van der Waals surface area contributed by atoms with Crippen LogP contribution in [0.25, 0.3) is 0 Å². The van der Waals surface area contributed by atoms with Crippen LogP contribution >= 0.6 is 0 Å². The quantitative estimate of drug-likeness (QED) is 0.710. The number of nitrogens with zero attached hydrogens (tertiary/aromatic N) is 3. The zero-order valence-electron chi connectivity index (χ0n) is 14.6. The van der Waals surface area contributed by atoms with Gasteiger partial charge >= 0.3 is 0 Å². The summed E-state index contributed by atoms with van der Waals surface area (Å²) in [6, 6.07) is 18.5. The molecule has 0 saturated heterocycles. The minimum Gasteiger partial charge on any atom is -0.393 e. The van der Waals surface area contributed by atoms with Crippen LogP contribution in [0.2, 0.25) is 0 Å². The molecule has 0 spiro atoms. The summed E-state index contributed by atoms with van der Waals surface area (Å²) in [5.74, 6) is 1.37. The van der Waals surface area contributed by atoms with Gasteiger partial charge in [0, 0.05) is 18.8 Å². The molecular formula is C20H23N5. The first-order valence-electron chi connectivity index (χ1n) is 8.41. The van der Waals surface area contributed by atoms with Crippen LogP contribution < -0.4 is 16.0 Å². The first-order chi connectivity index (χ1) is 12.2. The van der Waals surface area contributed by atoms with Crippen LogP contribution in [0.3, 0.4) is 0 Å². The number of hydrogen-bond donors (Lipinski definition) is 2. The zero-order chi connectivity index (χ0) is 17.6. The molecule has 3 aromatic rings. The second kappa shape index (κ2) is 7.66. The topological polar surface area (TPSA) is 67.1 Å². The Morgan fingerprint density at radius 2 is 1.84 bits per heavy atom. The van der Waals surface area contributed by atoms with Gasteiger partial charge in [0.25, 0.3) is 0 Å². The van der Waals surface area contributed by atoms with E-state index in [2.05, 4.69) is 64.4 Å². The monoisotopic (exact) mass is 333 g/mol. The smallest absolute Gasteiger partial charge is 0.161 e. The van der Waals surface area contributed by atoms with Crippen LogP contribution in [0.15, 0.2) is 60.9 Å². The molecule has 3 N–H and O–H groups in total. The molecule has 2 aromatic carbocycles. The normalized spacial score (nSPS) is 10.5. The number of aromatic nitrogens is 2. The van der Waals surface area contributed by atoms with E-state index in [0.717, 1.165) is 18.1 Å². The number of nitrogen functional groups attached to an aromatic ring is 1. The molecule has 0 aliphatic carbocycles. The highest BCUT2D eigenvalue weighted by Crippen LogP contribution is 2.32. The molecule has 1 heterocycles. The average Bonchev–Trinajstić information content (AvgIpc) is 2.64. The molecule has 0 aliphatic rings. The van der Waals surface area contributed by atoms with Crippen LogP contribution in [0.4, 0.5) is 23.0 Å². The number of hydrogen-bond acceptors (Lipinski definition) is 5. The zero-order valence-corrected chi connectivity index (χ0v) is 14.6. The minimum atomic E-state index is 0.557. The van der Waals surface area contributed by atoms with Crippen molar-refractivity contribution in [1.82, 2.24) is 9.97 Å². The summed E-state index contributed by atoms with van der Waals surface area (Å²) >= 11 is 0. The van der Waals surface area contributed by atoms with Crippen molar-refractivity contribution in [2.45, 2.75) is 20.4 Å². The van der Waals surface area contributed by atoms with E-state index in [1.807, 2.05) is 24.3 Å². The van der Waals surface area contributed by atoms with Crippen LogP contribution in [-0.4, -0.2) is 16.5 Å². The van der Waals surface area contributed by atoms with E-state index < -0.39 is 0 Å². The first-order valence-corrected chi connectivity index (χ1v) is 8.41. The Hall–Kier alpha value is -3.08. The first kappa shape index (κ1) is 16.8. The fourth-order valence-electron chi connectivity index (χ4n) is 2.77. The van der Waals surface area contributed by atoms with Gasteiger partial charge in [0.2, 0.25) is 0 Å². The number of anilines is 4. The second-order valence-electron chi connectivity index (χ2n) is 5.88. The maximum atomic E-state index is 6.37. The lowest BCUT2D eigenvalue weighted by molar-refractivity contribution is 0.974. The van der Waals surface area contributed by atoms with Gasteiger partial charge in [0.1, 0.15) is 12.0 Å². The van der Waals surface area contributed by atoms with Gasteiger partial charge in [-0.25, -0.2) is 9.97 Å². The Kier molecular flexibility index (Phi) is 5.14. The lowest BCUT2D eigenvalue weighted by atomic mass is 10.2. The van der Waals surface area contributed by atoms with Crippen LogP contribution in [-0.2, 0) is 6.54 Å². The van der Waals surface area contributed by atoms with E-state index in [9.17, 15) is 0 Å². The van der Waals surface area contributed by atoms with Gasteiger partial charge in [-0.05, 0) is 37.1 Å². The third-order valence-corrected chi connectivity index (χ3v) is 4.05. The average molecular weight is 333 g/mol. The number of rotatable bonds is 6. The highest BCUT2D eigenvalue weighted by atomic mass is 15.2. The Morgan fingerprint density at radius 1 is 1.04 bits per heavy atom. The van der Waals surface area contributed by atoms with Gasteiger partial charge in [-0.15, -0.1) is 0 Å². The molecule has 0 amide bonds. The van der Waals surface area contributed by atoms with Gasteiger partial charge in [0.05, 0.1) is 0 Å². The lowest BCUT2D eigenvalue weighted by Crippen LogP contribution is -2.20. The van der Waals surface area contributed by atoms with Crippen molar-refractivity contribution in [2.75, 3.05) is 22.5 Å². The Bertz CT molecular complexity index is 832. The second-order valence-corrected chi connectivity index (χ2v) is 5.88. The Balaban J connectivity index is 1.86. The van der Waals surface area contributed by atoms with Crippen molar-refractivity contribution in [2.24, 2.45) is 0 Å². The van der Waals surface area contributed by atoms with Crippen molar-refractivity contribution >= 4 is 23.0 Å². The van der Waals surface area contributed by atoms with Crippen LogP contribution in [0.5, 0.6) is 0 Å². The molecule has 25 heavy (non-hydrogen) atoms. The van der Waals surface area contributed by atoms with Crippen molar-refractivity contribution in [3.05, 3.63) is 72.1 Å². The third kappa shape index (κ3) is 3.88. The molecule has 0 radical (unpaired) electrons. The highest BCUT2D eigenvalue weighted by molar-refractivity contribution is 5.79. The van der Waals surface area contributed by atoms with Gasteiger partial charge in [-0.1, -0.05) is 42.5 Å². The fourth-order valence-corrected chi connectivity index (χ4v) is 2.77. The van der Waals surface area contributed by atoms with Gasteiger partial charge in [0.15, 0.2) is 11.6 Å². The molecule has 5 heteroatoms. The van der Waals surface area contributed by atoms with Gasteiger partial charge in [-0.2, -0.15) is 0 Å². The summed E-state index contributed by atoms with van der Waals surface area (Å²) in [4.78, 5) is 10.8. The molecule has 3 rings (SSSR count). The number of benzene rings is 2. The van der Waals surface area contributed by atoms with Gasteiger partial charge in [-0.3, -0.25) is 0 Å². The lowest BCUT2D eigenvalue weighted by Gasteiger charge is -2.24. The van der Waals surface area contributed by atoms with Crippen molar-refractivity contribution in [1.29, 1.82) is 0 Å². The van der Waals surface area contributed by atoms with E-state index in [4.69, 9.17) is 5.73 Å². The summed E-state index contributed by atoms with van der Waals surface area (Å²) in [5, 5.41) is 3.31. The summed E-state index contributed by atoms with van der Waals surface area (Å²) in [6.45, 7) is 5.59. The molecule has 0 atom stereocenters. The molecule has 1 aromatic heterocycles. The standard InChI is InChI=1S/C20H23N5/c1-3-25(17-11-7-8-15(2)12-17)20-18(21)19(23-14-24-20)22-13-16-9-5-4-6-10-16/h4-12,14H,3,13,21H2,1-2H3,(H,22,23,24). The molecule has 0 fully saturated rings. The van der Waals surface area contributed by atoms with Crippen molar-refractivity contribution < 1.29 is 0 Å². The molecule has 128 valence electrons. The predicted octanol–water partition coefficient (Wildman–Crippen LogP) is 4.14. The van der Waals surface area contributed by atoms with Crippen LogP contribution in [0.1, 0.15) is 18.1 Å². The third-order valence-electron chi connectivity index (χ3n) is 4.05. The van der Waals surface area contributed by atoms with Gasteiger partial charge < -0.3 is 16.0 Å². The summed E-state index contributed by atoms with van der Waals surface area (Å²) < 4.78 is 0. The Labute approximate surface area is 148 Å². The van der Waals surface area contributed by atoms with Crippen molar-refractivity contribution in [3.8, 4) is 0 Å². The van der Waals surface area contributed by atoms with E-state index in [1.54, 1.807) is 6.33 Å². The summed E-state index contributed by atoms with van der Waals surface area (Å²) in [7, 11) is 0. The molecule has 0 bridgehead atoms. The predicted molar refractivity (Wildman–Crippen MR) is 104 cm³/mol. The fraction of sp³-hybridized carbons (Fsp3) is 0.200. The summed E-state index contributed by atoms with van der Waals surface area (Å²) in [5.41, 5.74) is 10.4. The molecule has 0 unspecified atom stereocenters. The molecular weight excluding hydrogens is 310 g/mol. The molecule has 0 aliphatic heterocycles. The minimum absolute atomic E-state index is 0.557. The van der Waals surface area contributed by atoms with Crippen LogP contribution in [0, 0.1) is 6.92 Å². The molecule has 5 nitrogen and oxygen atoms in total. The van der Waals surface area contributed by atoms with E-state index >= 15 is 0 Å². The number of aryl methyl sites for hydroxylation is 1. The van der Waals surface area contributed by atoms with E-state index in [1.165, 1.54) is 11.1 Å². The highest BCUT2D eigenvalue weighted by Gasteiger charge is 2.15. The van der Waals surface area contributed by atoms with E-state index in [-0.39, 0.29) is 0 Å². The number of nitrogens with two attached hydrogens (primary N) is 1. The maximum Gasteiger partial charge on any atom is 0.161 e. The Morgan fingerprint density at radius 3 is 2.56 bits per heavy atom. The van der Waals surface area contributed by atoms with Crippen molar-refractivity contribution in [3.63, 3.8) is 0 Å². The SMILES string of the molecule is CCN(c1cccc(C)c1)c1ncnc(NCc2ccccc2)c1N. The largest absolute Gasteiger partial charge is 0.393 e. The maximum absolute atomic E-state index is 6.37.